The van der Waals surface area contributed by atoms with Crippen molar-refractivity contribution in [3.8, 4) is 0 Å². The summed E-state index contributed by atoms with van der Waals surface area (Å²) in [6.07, 6.45) is 1.45. The Hall–Kier alpha value is -0.330. The molecule has 1 heterocycles. The van der Waals surface area contributed by atoms with Crippen molar-refractivity contribution in [1.29, 1.82) is 0 Å². The van der Waals surface area contributed by atoms with Gasteiger partial charge in [-0.25, -0.2) is 18.4 Å². The fraction of sp³-hybridized carbons (Fsp3) is 0.429. The Kier molecular flexibility index (Phi) is 4.15. The van der Waals surface area contributed by atoms with E-state index in [1.807, 2.05) is 6.92 Å². The Morgan fingerprint density at radius 1 is 1.50 bits per heavy atom. The average Bonchev–Trinajstić information content (AvgIpc) is 2.01. The SMILES string of the molecule is Cc1cc(SCCS(=O)(=O)Cl)ncn1. The number of aryl methyl sites for hydroxylation is 1. The van der Waals surface area contributed by atoms with Crippen molar-refractivity contribution >= 4 is 31.5 Å². The van der Waals surface area contributed by atoms with E-state index in [0.717, 1.165) is 10.7 Å². The second-order valence-electron chi connectivity index (χ2n) is 2.59. The minimum atomic E-state index is -3.40. The number of hydrogen-bond acceptors (Lipinski definition) is 5. The van der Waals surface area contributed by atoms with Crippen LogP contribution in [0.25, 0.3) is 0 Å². The molecule has 1 aromatic rings. The molecule has 0 fully saturated rings. The summed E-state index contributed by atoms with van der Waals surface area (Å²) in [7, 11) is 1.66. The predicted octanol–water partition coefficient (Wildman–Crippen LogP) is 1.45. The Balaban J connectivity index is 2.47. The standard InChI is InChI=1S/C7H9ClN2O2S2/c1-6-4-7(10-5-9-6)13-2-3-14(8,11)12/h4-5H,2-3H2,1H3. The molecule has 0 spiro atoms. The zero-order valence-corrected chi connectivity index (χ0v) is 9.86. The van der Waals surface area contributed by atoms with E-state index in [1.54, 1.807) is 6.07 Å². The van der Waals surface area contributed by atoms with Crippen LogP contribution in [-0.2, 0) is 9.05 Å². The number of hydrogen-bond donors (Lipinski definition) is 0. The van der Waals surface area contributed by atoms with Gasteiger partial charge in [0.05, 0.1) is 10.8 Å². The van der Waals surface area contributed by atoms with E-state index < -0.39 is 9.05 Å². The van der Waals surface area contributed by atoms with Crippen molar-refractivity contribution < 1.29 is 8.42 Å². The molecule has 14 heavy (non-hydrogen) atoms. The van der Waals surface area contributed by atoms with Gasteiger partial charge in [0.25, 0.3) is 0 Å². The molecule has 0 unspecified atom stereocenters. The van der Waals surface area contributed by atoms with Crippen molar-refractivity contribution in [1.82, 2.24) is 9.97 Å². The molecule has 0 aliphatic heterocycles. The Morgan fingerprint density at radius 3 is 2.79 bits per heavy atom. The van der Waals surface area contributed by atoms with E-state index in [1.165, 1.54) is 18.1 Å². The largest absolute Gasteiger partial charge is 0.242 e. The molecule has 0 radical (unpaired) electrons. The minimum Gasteiger partial charge on any atom is -0.242 e. The highest BCUT2D eigenvalue weighted by Gasteiger charge is 2.05. The molecule has 0 saturated carbocycles. The number of aromatic nitrogens is 2. The summed E-state index contributed by atoms with van der Waals surface area (Å²) in [5.74, 6) is 0.352. The Labute approximate surface area is 91.5 Å². The predicted molar refractivity (Wildman–Crippen MR) is 57.1 cm³/mol. The third-order valence-electron chi connectivity index (χ3n) is 1.36. The second-order valence-corrected chi connectivity index (χ2v) is 6.60. The van der Waals surface area contributed by atoms with Crippen LogP contribution in [-0.4, -0.2) is 29.9 Å². The Bertz CT molecular complexity index is 408. The summed E-state index contributed by atoms with van der Waals surface area (Å²) < 4.78 is 21.2. The lowest BCUT2D eigenvalue weighted by Crippen LogP contribution is -2.00. The van der Waals surface area contributed by atoms with Crippen molar-refractivity contribution in [3.63, 3.8) is 0 Å². The molecule has 0 saturated heterocycles. The first kappa shape index (κ1) is 11.7. The van der Waals surface area contributed by atoms with Crippen molar-refractivity contribution in [2.75, 3.05) is 11.5 Å². The van der Waals surface area contributed by atoms with Gasteiger partial charge in [0.1, 0.15) is 6.33 Å². The van der Waals surface area contributed by atoms with Gasteiger partial charge >= 0.3 is 0 Å². The lowest BCUT2D eigenvalue weighted by Gasteiger charge is -1.99. The topological polar surface area (TPSA) is 59.9 Å². The van der Waals surface area contributed by atoms with Crippen molar-refractivity contribution in [3.05, 3.63) is 18.1 Å². The second kappa shape index (κ2) is 4.95. The third-order valence-corrected chi connectivity index (χ3v) is 3.70. The maximum Gasteiger partial charge on any atom is 0.233 e. The van der Waals surface area contributed by atoms with Gasteiger partial charge in [-0.15, -0.1) is 11.8 Å². The number of nitrogens with zero attached hydrogens (tertiary/aromatic N) is 2. The van der Waals surface area contributed by atoms with E-state index in [0.29, 0.717) is 5.75 Å². The molecule has 0 aliphatic rings. The first-order chi connectivity index (χ1) is 6.47. The van der Waals surface area contributed by atoms with E-state index in [4.69, 9.17) is 10.7 Å². The molecular formula is C7H9ClN2O2S2. The number of rotatable bonds is 4. The van der Waals surface area contributed by atoms with E-state index in [-0.39, 0.29) is 5.75 Å². The zero-order valence-electron chi connectivity index (χ0n) is 7.47. The number of halogens is 1. The maximum absolute atomic E-state index is 10.6. The zero-order chi connectivity index (χ0) is 10.6. The Morgan fingerprint density at radius 2 is 2.21 bits per heavy atom. The average molecular weight is 253 g/mol. The summed E-state index contributed by atoms with van der Waals surface area (Å²) in [6, 6.07) is 1.80. The highest BCUT2D eigenvalue weighted by Crippen LogP contribution is 2.15. The molecule has 1 aromatic heterocycles. The lowest BCUT2D eigenvalue weighted by molar-refractivity contribution is 0.611. The molecule has 7 heteroatoms. The lowest BCUT2D eigenvalue weighted by atomic mass is 10.5. The van der Waals surface area contributed by atoms with Gasteiger partial charge in [-0.2, -0.15) is 0 Å². The van der Waals surface area contributed by atoms with Crippen molar-refractivity contribution in [2.45, 2.75) is 11.9 Å². The van der Waals surface area contributed by atoms with Crippen LogP contribution in [0.15, 0.2) is 17.4 Å². The third kappa shape index (κ3) is 4.78. The van der Waals surface area contributed by atoms with Crippen LogP contribution in [0.4, 0.5) is 0 Å². The fourth-order valence-electron chi connectivity index (χ4n) is 0.755. The van der Waals surface area contributed by atoms with Crippen LogP contribution < -0.4 is 0 Å². The summed E-state index contributed by atoms with van der Waals surface area (Å²) >= 11 is 1.35. The summed E-state index contributed by atoms with van der Waals surface area (Å²) in [5, 5.41) is 0.762. The first-order valence-corrected chi connectivity index (χ1v) is 7.27. The molecule has 4 nitrogen and oxygen atoms in total. The van der Waals surface area contributed by atoms with Gasteiger partial charge in [-0.05, 0) is 13.0 Å². The van der Waals surface area contributed by atoms with Gasteiger partial charge in [0, 0.05) is 22.1 Å². The van der Waals surface area contributed by atoms with E-state index in [2.05, 4.69) is 9.97 Å². The van der Waals surface area contributed by atoms with Crippen LogP contribution in [0.3, 0.4) is 0 Å². The monoisotopic (exact) mass is 252 g/mol. The summed E-state index contributed by atoms with van der Waals surface area (Å²) in [5.41, 5.74) is 0.858. The molecule has 0 aromatic carbocycles. The highest BCUT2D eigenvalue weighted by molar-refractivity contribution is 8.14. The maximum atomic E-state index is 10.6. The minimum absolute atomic E-state index is 0.0533. The quantitative estimate of drug-likeness (QED) is 0.461. The van der Waals surface area contributed by atoms with E-state index >= 15 is 0 Å². The first-order valence-electron chi connectivity index (χ1n) is 3.81. The van der Waals surface area contributed by atoms with Gasteiger partial charge in [-0.3, -0.25) is 0 Å². The fourth-order valence-corrected chi connectivity index (χ4v) is 3.04. The molecular weight excluding hydrogens is 244 g/mol. The molecule has 0 N–H and O–H groups in total. The van der Waals surface area contributed by atoms with Gasteiger partial charge < -0.3 is 0 Å². The molecule has 1 rings (SSSR count). The molecule has 0 aliphatic carbocycles. The molecule has 0 bridgehead atoms. The number of thioether (sulfide) groups is 1. The van der Waals surface area contributed by atoms with Crippen LogP contribution in [0.5, 0.6) is 0 Å². The highest BCUT2D eigenvalue weighted by atomic mass is 35.7. The molecule has 0 amide bonds. The van der Waals surface area contributed by atoms with Crippen LogP contribution >= 0.6 is 22.4 Å². The molecule has 78 valence electrons. The summed E-state index contributed by atoms with van der Waals surface area (Å²) in [6.45, 7) is 1.85. The summed E-state index contributed by atoms with van der Waals surface area (Å²) in [4.78, 5) is 7.90. The smallest absolute Gasteiger partial charge is 0.233 e. The van der Waals surface area contributed by atoms with Gasteiger partial charge in [-0.1, -0.05) is 0 Å². The normalized spacial score (nSPS) is 11.6. The van der Waals surface area contributed by atoms with E-state index in [9.17, 15) is 8.42 Å². The van der Waals surface area contributed by atoms with Gasteiger partial charge in [0.2, 0.25) is 9.05 Å². The van der Waals surface area contributed by atoms with Gasteiger partial charge in [0.15, 0.2) is 0 Å². The van der Waals surface area contributed by atoms with Crippen LogP contribution in [0, 0.1) is 6.92 Å². The van der Waals surface area contributed by atoms with Crippen LogP contribution in [0.1, 0.15) is 5.69 Å². The molecule has 0 atom stereocenters. The van der Waals surface area contributed by atoms with Crippen molar-refractivity contribution in [2.24, 2.45) is 0 Å². The van der Waals surface area contributed by atoms with Crippen LogP contribution in [0.2, 0.25) is 0 Å².